The van der Waals surface area contributed by atoms with Crippen LogP contribution in [0.5, 0.6) is 0 Å². The molecule has 0 aliphatic heterocycles. The Balaban J connectivity index is 1.67. The van der Waals surface area contributed by atoms with Gasteiger partial charge in [0.1, 0.15) is 5.69 Å². The number of benzene rings is 1. The van der Waals surface area contributed by atoms with Gasteiger partial charge in [0, 0.05) is 30.9 Å². The zero-order valence-electron chi connectivity index (χ0n) is 12.7. The maximum atomic E-state index is 11.4. The summed E-state index contributed by atoms with van der Waals surface area (Å²) < 4.78 is 12.4. The number of rotatable bonds is 3. The summed E-state index contributed by atoms with van der Waals surface area (Å²) >= 11 is 0. The smallest absolute Gasteiger partial charge is 0.286 e. The van der Waals surface area contributed by atoms with Crippen LogP contribution in [-0.4, -0.2) is 19.9 Å². The number of nitrogens with zero attached hydrogens (tertiary/aromatic N) is 4. The maximum Gasteiger partial charge on any atom is 0.286 e. The molecule has 0 amide bonds. The molecule has 7 heteroatoms. The normalized spacial score (nSPS) is 10.9. The van der Waals surface area contributed by atoms with Gasteiger partial charge in [-0.2, -0.15) is 0 Å². The molecule has 7 nitrogen and oxygen atoms in total. The fraction of sp³-hybridized carbons (Fsp3) is 0.0588. The fourth-order valence-corrected chi connectivity index (χ4v) is 2.28. The van der Waals surface area contributed by atoms with E-state index in [-0.39, 0.29) is 11.4 Å². The first kappa shape index (κ1) is 14.1. The van der Waals surface area contributed by atoms with Crippen molar-refractivity contribution in [2.24, 2.45) is 7.05 Å². The summed E-state index contributed by atoms with van der Waals surface area (Å²) in [4.78, 5) is 11.4. The second kappa shape index (κ2) is 5.62. The van der Waals surface area contributed by atoms with E-state index in [1.807, 2.05) is 30.3 Å². The second-order valence-corrected chi connectivity index (χ2v) is 5.22. The minimum Gasteiger partial charge on any atom is -0.413 e. The molecule has 0 aliphatic rings. The summed E-state index contributed by atoms with van der Waals surface area (Å²) in [5.74, 6) is 0.921. The Morgan fingerprint density at radius 1 is 0.958 bits per heavy atom. The quantitative estimate of drug-likeness (QED) is 0.577. The van der Waals surface area contributed by atoms with Gasteiger partial charge in [-0.1, -0.05) is 35.5 Å². The molecule has 0 radical (unpaired) electrons. The van der Waals surface area contributed by atoms with Gasteiger partial charge in [-0.15, -0.1) is 10.2 Å². The van der Waals surface area contributed by atoms with Crippen molar-refractivity contribution in [1.29, 1.82) is 0 Å². The minimum absolute atomic E-state index is 0.110. The summed E-state index contributed by atoms with van der Waals surface area (Å²) in [6.45, 7) is 0. The van der Waals surface area contributed by atoms with Crippen LogP contribution in [0, 0.1) is 0 Å². The Hall–Kier alpha value is -3.48. The molecule has 0 unspecified atom stereocenters. The molecule has 0 spiro atoms. The zero-order chi connectivity index (χ0) is 16.5. The minimum atomic E-state index is -0.110. The molecule has 0 aliphatic carbocycles. The average Bonchev–Trinajstić information content (AvgIpc) is 3.27. The van der Waals surface area contributed by atoms with Crippen molar-refractivity contribution in [3.05, 3.63) is 65.1 Å². The lowest BCUT2D eigenvalue weighted by atomic mass is 10.1. The number of hydrogen-bond acceptors (Lipinski definition) is 6. The van der Waals surface area contributed by atoms with E-state index in [0.29, 0.717) is 22.9 Å². The highest BCUT2D eigenvalue weighted by Gasteiger charge is 2.16. The molecule has 0 bridgehead atoms. The first-order valence-corrected chi connectivity index (χ1v) is 7.24. The largest absolute Gasteiger partial charge is 0.413 e. The Morgan fingerprint density at radius 3 is 2.54 bits per heavy atom. The molecule has 0 fully saturated rings. The van der Waals surface area contributed by atoms with Gasteiger partial charge in [0.05, 0.1) is 5.56 Å². The van der Waals surface area contributed by atoms with Crippen molar-refractivity contribution >= 4 is 0 Å². The van der Waals surface area contributed by atoms with Crippen molar-refractivity contribution in [3.8, 4) is 34.4 Å². The highest BCUT2D eigenvalue weighted by atomic mass is 16.5. The lowest BCUT2D eigenvalue weighted by molar-refractivity contribution is 0.418. The molecule has 4 rings (SSSR count). The zero-order valence-corrected chi connectivity index (χ0v) is 12.7. The SMILES string of the molecule is Cn1cc(-c2nnc(-c3cc(-c4ccccc4)no3)o2)ccc1=O. The van der Waals surface area contributed by atoms with Gasteiger partial charge in [-0.3, -0.25) is 4.79 Å². The number of aromatic nitrogens is 4. The van der Waals surface area contributed by atoms with Crippen LogP contribution in [0.4, 0.5) is 0 Å². The van der Waals surface area contributed by atoms with E-state index in [2.05, 4.69) is 15.4 Å². The van der Waals surface area contributed by atoms with Gasteiger partial charge in [-0.05, 0) is 6.07 Å². The third kappa shape index (κ3) is 2.52. The standard InChI is InChI=1S/C17H12N4O3/c1-21-10-12(7-8-15(21)22)16-18-19-17(23-16)14-9-13(20-24-14)11-5-3-2-4-6-11/h2-10H,1H3. The highest BCUT2D eigenvalue weighted by Crippen LogP contribution is 2.27. The fourth-order valence-electron chi connectivity index (χ4n) is 2.28. The molecular formula is C17H12N4O3. The van der Waals surface area contributed by atoms with Crippen LogP contribution in [0.1, 0.15) is 0 Å². The molecule has 0 atom stereocenters. The second-order valence-electron chi connectivity index (χ2n) is 5.22. The van der Waals surface area contributed by atoms with Crippen molar-refractivity contribution in [2.75, 3.05) is 0 Å². The summed E-state index contributed by atoms with van der Waals surface area (Å²) in [6.07, 6.45) is 1.63. The van der Waals surface area contributed by atoms with E-state index < -0.39 is 0 Å². The molecule has 1 aromatic carbocycles. The van der Waals surface area contributed by atoms with Crippen LogP contribution in [0.2, 0.25) is 0 Å². The van der Waals surface area contributed by atoms with E-state index in [0.717, 1.165) is 5.56 Å². The van der Waals surface area contributed by atoms with Crippen LogP contribution < -0.4 is 5.56 Å². The van der Waals surface area contributed by atoms with Gasteiger partial charge in [0.2, 0.25) is 17.2 Å². The predicted octanol–water partition coefficient (Wildman–Crippen LogP) is 2.76. The Morgan fingerprint density at radius 2 is 1.75 bits per heavy atom. The molecule has 3 aromatic heterocycles. The Kier molecular flexibility index (Phi) is 3.31. The number of pyridine rings is 1. The summed E-state index contributed by atoms with van der Waals surface area (Å²) in [5, 5.41) is 12.0. The third-order valence-electron chi connectivity index (χ3n) is 3.55. The maximum absolute atomic E-state index is 11.4. The van der Waals surface area contributed by atoms with E-state index in [1.165, 1.54) is 10.6 Å². The Bertz CT molecular complexity index is 1050. The highest BCUT2D eigenvalue weighted by molar-refractivity contribution is 5.63. The molecule has 3 heterocycles. The lowest BCUT2D eigenvalue weighted by Crippen LogP contribution is -2.13. The Labute approximate surface area is 136 Å². The molecule has 118 valence electrons. The van der Waals surface area contributed by atoms with E-state index in [9.17, 15) is 4.79 Å². The molecular weight excluding hydrogens is 308 g/mol. The van der Waals surface area contributed by atoms with Crippen molar-refractivity contribution in [1.82, 2.24) is 19.9 Å². The average molecular weight is 320 g/mol. The lowest BCUT2D eigenvalue weighted by Gasteiger charge is -1.97. The molecule has 0 saturated heterocycles. The molecule has 24 heavy (non-hydrogen) atoms. The van der Waals surface area contributed by atoms with Crippen molar-refractivity contribution in [3.63, 3.8) is 0 Å². The van der Waals surface area contributed by atoms with E-state index in [1.54, 1.807) is 25.4 Å². The van der Waals surface area contributed by atoms with E-state index in [4.69, 9.17) is 8.94 Å². The monoisotopic (exact) mass is 320 g/mol. The van der Waals surface area contributed by atoms with Crippen LogP contribution in [0.15, 0.2) is 68.5 Å². The summed E-state index contributed by atoms with van der Waals surface area (Å²) in [5.41, 5.74) is 2.16. The summed E-state index contributed by atoms with van der Waals surface area (Å²) in [6, 6.07) is 14.5. The van der Waals surface area contributed by atoms with Crippen LogP contribution in [-0.2, 0) is 7.05 Å². The molecule has 0 saturated carbocycles. The number of hydrogen-bond donors (Lipinski definition) is 0. The predicted molar refractivity (Wildman–Crippen MR) is 85.9 cm³/mol. The van der Waals surface area contributed by atoms with Crippen LogP contribution >= 0.6 is 0 Å². The van der Waals surface area contributed by atoms with Crippen LogP contribution in [0.3, 0.4) is 0 Å². The third-order valence-corrected chi connectivity index (χ3v) is 3.55. The van der Waals surface area contributed by atoms with Gasteiger partial charge >= 0.3 is 0 Å². The number of aryl methyl sites for hydroxylation is 1. The first-order chi connectivity index (χ1) is 11.7. The van der Waals surface area contributed by atoms with Gasteiger partial charge < -0.3 is 13.5 Å². The topological polar surface area (TPSA) is 86.9 Å². The van der Waals surface area contributed by atoms with Crippen molar-refractivity contribution in [2.45, 2.75) is 0 Å². The van der Waals surface area contributed by atoms with E-state index >= 15 is 0 Å². The van der Waals surface area contributed by atoms with Crippen molar-refractivity contribution < 1.29 is 8.94 Å². The van der Waals surface area contributed by atoms with Gasteiger partial charge in [0.15, 0.2) is 0 Å². The molecule has 4 aromatic rings. The summed E-state index contributed by atoms with van der Waals surface area (Å²) in [7, 11) is 1.66. The molecule has 0 N–H and O–H groups in total. The van der Waals surface area contributed by atoms with Crippen LogP contribution in [0.25, 0.3) is 34.4 Å². The van der Waals surface area contributed by atoms with Gasteiger partial charge in [0.25, 0.3) is 5.89 Å². The first-order valence-electron chi connectivity index (χ1n) is 7.24. The van der Waals surface area contributed by atoms with Gasteiger partial charge in [-0.25, -0.2) is 0 Å².